The first-order valence-electron chi connectivity index (χ1n) is 10.00. The minimum atomic E-state index is -1.27. The van der Waals surface area contributed by atoms with Gasteiger partial charge in [0.1, 0.15) is 6.10 Å². The number of methoxy groups -OCH3 is 2. The maximum absolute atomic E-state index is 12.5. The molecule has 3 rings (SSSR count). The predicted molar refractivity (Wildman–Crippen MR) is 104 cm³/mol. The number of hydroxylamine groups is 2. The third-order valence-electron chi connectivity index (χ3n) is 5.51. The van der Waals surface area contributed by atoms with Crippen molar-refractivity contribution in [3.63, 3.8) is 0 Å². The lowest BCUT2D eigenvalue weighted by Crippen LogP contribution is -2.33. The second-order valence-electron chi connectivity index (χ2n) is 7.38. The Labute approximate surface area is 178 Å². The number of hydrogen-bond donors (Lipinski definition) is 0. The molecule has 11 nitrogen and oxygen atoms in total. The lowest BCUT2D eigenvalue weighted by atomic mass is 9.82. The number of benzene rings is 1. The number of rotatable bonds is 7. The van der Waals surface area contributed by atoms with Gasteiger partial charge in [0.2, 0.25) is 0 Å². The van der Waals surface area contributed by atoms with Crippen LogP contribution in [0.1, 0.15) is 56.6 Å². The van der Waals surface area contributed by atoms with E-state index in [-0.39, 0.29) is 41.5 Å². The van der Waals surface area contributed by atoms with Crippen LogP contribution in [0.4, 0.5) is 10.5 Å². The van der Waals surface area contributed by atoms with Gasteiger partial charge in [0.05, 0.1) is 30.8 Å². The third-order valence-corrected chi connectivity index (χ3v) is 5.51. The zero-order valence-electron chi connectivity index (χ0n) is 17.3. The van der Waals surface area contributed by atoms with Gasteiger partial charge in [-0.3, -0.25) is 24.5 Å². The Balaban J connectivity index is 1.95. The van der Waals surface area contributed by atoms with E-state index in [2.05, 4.69) is 0 Å². The summed E-state index contributed by atoms with van der Waals surface area (Å²) >= 11 is 0. The molecule has 0 bridgehead atoms. The van der Waals surface area contributed by atoms with Gasteiger partial charge < -0.3 is 14.2 Å². The number of nitro benzene ring substituents is 1. The number of nitro groups is 1. The Morgan fingerprint density at radius 3 is 2.19 bits per heavy atom. The van der Waals surface area contributed by atoms with Crippen molar-refractivity contribution in [2.24, 2.45) is 5.92 Å². The molecule has 1 saturated heterocycles. The van der Waals surface area contributed by atoms with Crippen molar-refractivity contribution in [3.05, 3.63) is 27.8 Å². The Kier molecular flexibility index (Phi) is 6.93. The maximum atomic E-state index is 12.5. The number of amides is 2. The molecule has 1 heterocycles. The third kappa shape index (κ3) is 4.86. The number of imide groups is 1. The molecule has 1 aromatic carbocycles. The first-order valence-corrected chi connectivity index (χ1v) is 10.00. The molecule has 0 radical (unpaired) electrons. The van der Waals surface area contributed by atoms with Crippen LogP contribution in [0.5, 0.6) is 11.5 Å². The standard InChI is InChI=1S/C20H24N2O9/c1-28-15-10-13(14(22(26)27)11-16(15)29-2)19(12-6-4-3-5-7-12)30-20(25)31-21-17(23)8-9-18(21)24/h10-12,19H,3-9H2,1-2H3. The summed E-state index contributed by atoms with van der Waals surface area (Å²) in [6.45, 7) is 0. The van der Waals surface area contributed by atoms with Crippen LogP contribution < -0.4 is 9.47 Å². The second kappa shape index (κ2) is 9.63. The molecule has 0 spiro atoms. The van der Waals surface area contributed by atoms with Crippen molar-refractivity contribution in [1.82, 2.24) is 5.06 Å². The molecule has 2 fully saturated rings. The zero-order valence-corrected chi connectivity index (χ0v) is 17.3. The molecule has 31 heavy (non-hydrogen) atoms. The summed E-state index contributed by atoms with van der Waals surface area (Å²) < 4.78 is 15.9. The van der Waals surface area contributed by atoms with Gasteiger partial charge in [-0.1, -0.05) is 24.3 Å². The van der Waals surface area contributed by atoms with Crippen molar-refractivity contribution >= 4 is 23.7 Å². The van der Waals surface area contributed by atoms with E-state index in [4.69, 9.17) is 19.0 Å². The van der Waals surface area contributed by atoms with Crippen LogP contribution in [0.3, 0.4) is 0 Å². The topological polar surface area (TPSA) is 135 Å². The average Bonchev–Trinajstić information content (AvgIpc) is 3.09. The summed E-state index contributed by atoms with van der Waals surface area (Å²) in [5, 5.41) is 12.1. The van der Waals surface area contributed by atoms with Gasteiger partial charge in [0.25, 0.3) is 17.5 Å². The summed E-state index contributed by atoms with van der Waals surface area (Å²) in [6.07, 6.45) is 1.73. The first-order chi connectivity index (χ1) is 14.8. The Bertz CT molecular complexity index is 864. The fourth-order valence-corrected chi connectivity index (χ4v) is 3.98. The van der Waals surface area contributed by atoms with Crippen molar-refractivity contribution in [1.29, 1.82) is 0 Å². The Morgan fingerprint density at radius 1 is 1.06 bits per heavy atom. The van der Waals surface area contributed by atoms with Crippen molar-refractivity contribution in [2.75, 3.05) is 14.2 Å². The summed E-state index contributed by atoms with van der Waals surface area (Å²) in [6, 6.07) is 2.63. The van der Waals surface area contributed by atoms with Gasteiger partial charge in [0, 0.05) is 18.8 Å². The van der Waals surface area contributed by atoms with E-state index < -0.39 is 29.0 Å². The summed E-state index contributed by atoms with van der Waals surface area (Å²) in [7, 11) is 2.75. The van der Waals surface area contributed by atoms with E-state index in [1.165, 1.54) is 26.4 Å². The monoisotopic (exact) mass is 436 g/mol. The highest BCUT2D eigenvalue weighted by molar-refractivity contribution is 6.01. The maximum Gasteiger partial charge on any atom is 0.534 e. The molecule has 1 saturated carbocycles. The fourth-order valence-electron chi connectivity index (χ4n) is 3.98. The fraction of sp³-hybridized carbons (Fsp3) is 0.550. The zero-order chi connectivity index (χ0) is 22.5. The van der Waals surface area contributed by atoms with E-state index in [9.17, 15) is 24.5 Å². The van der Waals surface area contributed by atoms with Gasteiger partial charge >= 0.3 is 6.16 Å². The van der Waals surface area contributed by atoms with Crippen LogP contribution in [-0.4, -0.2) is 42.2 Å². The van der Waals surface area contributed by atoms with E-state index in [0.717, 1.165) is 19.3 Å². The number of carbonyl (C=O) groups is 3. The SMILES string of the molecule is COc1cc(C(OC(=O)ON2C(=O)CCC2=O)C2CCCCC2)c([N+](=O)[O-])cc1OC. The van der Waals surface area contributed by atoms with Crippen LogP contribution in [-0.2, 0) is 19.2 Å². The number of hydrogen-bond acceptors (Lipinski definition) is 9. The van der Waals surface area contributed by atoms with E-state index in [1.807, 2.05) is 0 Å². The smallest absolute Gasteiger partial charge is 0.493 e. The summed E-state index contributed by atoms with van der Waals surface area (Å²) in [5.74, 6) is -1.09. The minimum Gasteiger partial charge on any atom is -0.493 e. The number of carbonyl (C=O) groups excluding carboxylic acids is 3. The Hall–Kier alpha value is -3.37. The van der Waals surface area contributed by atoms with Crippen LogP contribution >= 0.6 is 0 Å². The van der Waals surface area contributed by atoms with Gasteiger partial charge in [0.15, 0.2) is 11.5 Å². The molecule has 0 N–H and O–H groups in total. The van der Waals surface area contributed by atoms with E-state index >= 15 is 0 Å². The molecular formula is C20H24N2O9. The molecule has 2 amide bonds. The second-order valence-corrected chi connectivity index (χ2v) is 7.38. The number of ether oxygens (including phenoxy) is 3. The Morgan fingerprint density at radius 2 is 1.65 bits per heavy atom. The van der Waals surface area contributed by atoms with Gasteiger partial charge in [-0.2, -0.15) is 0 Å². The summed E-state index contributed by atoms with van der Waals surface area (Å²) in [4.78, 5) is 51.9. The lowest BCUT2D eigenvalue weighted by molar-refractivity contribution is -0.386. The highest BCUT2D eigenvalue weighted by Crippen LogP contribution is 2.44. The highest BCUT2D eigenvalue weighted by Gasteiger charge is 2.38. The molecule has 1 aromatic rings. The van der Waals surface area contributed by atoms with Crippen LogP contribution in [0.25, 0.3) is 0 Å². The quantitative estimate of drug-likeness (QED) is 0.272. The van der Waals surface area contributed by atoms with Gasteiger partial charge in [-0.05, 0) is 18.9 Å². The molecular weight excluding hydrogens is 412 g/mol. The lowest BCUT2D eigenvalue weighted by Gasteiger charge is -2.30. The van der Waals surface area contributed by atoms with Crippen LogP contribution in [0.15, 0.2) is 12.1 Å². The van der Waals surface area contributed by atoms with Crippen molar-refractivity contribution in [2.45, 2.75) is 51.0 Å². The highest BCUT2D eigenvalue weighted by atomic mass is 16.8. The molecule has 0 aromatic heterocycles. The van der Waals surface area contributed by atoms with E-state index in [1.54, 1.807) is 0 Å². The molecule has 168 valence electrons. The molecule has 1 unspecified atom stereocenters. The molecule has 2 aliphatic rings. The van der Waals surface area contributed by atoms with Gasteiger partial charge in [-0.15, -0.1) is 0 Å². The predicted octanol–water partition coefficient (Wildman–Crippen LogP) is 3.45. The van der Waals surface area contributed by atoms with E-state index in [0.29, 0.717) is 17.9 Å². The van der Waals surface area contributed by atoms with Crippen LogP contribution in [0.2, 0.25) is 0 Å². The van der Waals surface area contributed by atoms with Crippen molar-refractivity contribution < 1.29 is 38.4 Å². The molecule has 11 heteroatoms. The normalized spacial score (nSPS) is 17.9. The minimum absolute atomic E-state index is 0.0562. The molecule has 1 aliphatic carbocycles. The summed E-state index contributed by atoms with van der Waals surface area (Å²) in [5.41, 5.74) is -0.167. The van der Waals surface area contributed by atoms with Gasteiger partial charge in [-0.25, -0.2) is 4.79 Å². The largest absolute Gasteiger partial charge is 0.534 e. The average molecular weight is 436 g/mol. The molecule has 1 atom stereocenters. The van der Waals surface area contributed by atoms with Crippen LogP contribution in [0, 0.1) is 16.0 Å². The van der Waals surface area contributed by atoms with Crippen molar-refractivity contribution in [3.8, 4) is 11.5 Å². The molecule has 1 aliphatic heterocycles. The first kappa shape index (κ1) is 22.3. The number of nitrogens with zero attached hydrogens (tertiary/aromatic N) is 2.